The second-order valence-electron chi connectivity index (χ2n) is 3.73. The van der Waals surface area contributed by atoms with E-state index >= 15 is 0 Å². The van der Waals surface area contributed by atoms with Gasteiger partial charge in [0, 0.05) is 12.1 Å². The van der Waals surface area contributed by atoms with Gasteiger partial charge in [0.1, 0.15) is 5.82 Å². The fraction of sp³-hybridized carbons (Fsp3) is 0.333. The Bertz CT molecular complexity index is 452. The van der Waals surface area contributed by atoms with Gasteiger partial charge in [0.15, 0.2) is 0 Å². The molecular formula is C12H13FN2O2. The van der Waals surface area contributed by atoms with Gasteiger partial charge in [0.25, 0.3) is 0 Å². The first-order valence-electron chi connectivity index (χ1n) is 5.16. The molecule has 1 amide bonds. The minimum Gasteiger partial charge on any atom is -0.447 e. The number of carbonyl (C=O) groups is 1. The van der Waals surface area contributed by atoms with Crippen molar-refractivity contribution < 1.29 is 13.9 Å². The molecule has 0 unspecified atom stereocenters. The lowest BCUT2D eigenvalue weighted by Gasteiger charge is -2.09. The molecule has 0 aliphatic carbocycles. The normalized spacial score (nSPS) is 9.82. The molecule has 17 heavy (non-hydrogen) atoms. The molecule has 0 aromatic heterocycles. The van der Waals surface area contributed by atoms with Gasteiger partial charge in [0.05, 0.1) is 17.7 Å². The van der Waals surface area contributed by atoms with Crippen molar-refractivity contribution >= 4 is 6.09 Å². The zero-order valence-corrected chi connectivity index (χ0v) is 9.66. The number of halogens is 1. The summed E-state index contributed by atoms with van der Waals surface area (Å²) in [5, 5.41) is 11.0. The van der Waals surface area contributed by atoms with Crippen molar-refractivity contribution in [3.05, 3.63) is 35.1 Å². The van der Waals surface area contributed by atoms with Crippen LogP contribution in [0.5, 0.6) is 0 Å². The third-order valence-corrected chi connectivity index (χ3v) is 1.95. The van der Waals surface area contributed by atoms with E-state index in [0.29, 0.717) is 5.56 Å². The molecular weight excluding hydrogens is 223 g/mol. The number of hydrogen-bond donors (Lipinski definition) is 1. The zero-order chi connectivity index (χ0) is 12.8. The first-order chi connectivity index (χ1) is 8.02. The lowest BCUT2D eigenvalue weighted by Crippen LogP contribution is -2.26. The highest BCUT2D eigenvalue weighted by Crippen LogP contribution is 2.09. The van der Waals surface area contributed by atoms with Crippen LogP contribution in [0.2, 0.25) is 0 Å². The number of ether oxygens (including phenoxy) is 1. The summed E-state index contributed by atoms with van der Waals surface area (Å²) in [7, 11) is 0. The van der Waals surface area contributed by atoms with E-state index in [1.807, 2.05) is 6.07 Å². The lowest BCUT2D eigenvalue weighted by molar-refractivity contribution is 0.115. The summed E-state index contributed by atoms with van der Waals surface area (Å²) in [5.74, 6) is -0.520. The molecule has 4 nitrogen and oxygen atoms in total. The average Bonchev–Trinajstić information content (AvgIpc) is 2.26. The molecule has 0 spiro atoms. The van der Waals surface area contributed by atoms with Gasteiger partial charge in [-0.3, -0.25) is 0 Å². The molecule has 0 aliphatic rings. The molecule has 1 aromatic rings. The van der Waals surface area contributed by atoms with Crippen LogP contribution < -0.4 is 5.32 Å². The van der Waals surface area contributed by atoms with Crippen LogP contribution in [0.15, 0.2) is 18.2 Å². The molecule has 5 heteroatoms. The monoisotopic (exact) mass is 236 g/mol. The van der Waals surface area contributed by atoms with Gasteiger partial charge in [-0.1, -0.05) is 6.07 Å². The minimum absolute atomic E-state index is 0.0308. The van der Waals surface area contributed by atoms with Crippen LogP contribution in [0.4, 0.5) is 9.18 Å². The van der Waals surface area contributed by atoms with E-state index in [1.54, 1.807) is 13.8 Å². The van der Waals surface area contributed by atoms with Crippen molar-refractivity contribution in [3.8, 4) is 6.07 Å². The van der Waals surface area contributed by atoms with Crippen LogP contribution in [0.1, 0.15) is 25.0 Å². The summed E-state index contributed by atoms with van der Waals surface area (Å²) in [6.45, 7) is 3.48. The topological polar surface area (TPSA) is 62.1 Å². The SMILES string of the molecule is CC(C)OC(=O)NCc1ccc(C#N)cc1F. The molecule has 0 saturated carbocycles. The van der Waals surface area contributed by atoms with Crippen molar-refractivity contribution in [3.63, 3.8) is 0 Å². The fourth-order valence-electron chi connectivity index (χ4n) is 1.18. The number of carbonyl (C=O) groups excluding carboxylic acids is 1. The number of alkyl carbamates (subject to hydrolysis) is 1. The average molecular weight is 236 g/mol. The van der Waals surface area contributed by atoms with Crippen LogP contribution in [0.25, 0.3) is 0 Å². The molecule has 1 rings (SSSR count). The summed E-state index contributed by atoms with van der Waals surface area (Å²) >= 11 is 0. The maximum absolute atomic E-state index is 13.4. The number of benzene rings is 1. The predicted molar refractivity (Wildman–Crippen MR) is 59.6 cm³/mol. The standard InChI is InChI=1S/C12H13FN2O2/c1-8(2)17-12(16)15-7-10-4-3-9(6-14)5-11(10)13/h3-5,8H,7H2,1-2H3,(H,15,16). The Morgan fingerprint density at radius 1 is 1.59 bits per heavy atom. The quantitative estimate of drug-likeness (QED) is 0.876. The fourth-order valence-corrected chi connectivity index (χ4v) is 1.18. The molecule has 0 heterocycles. The summed E-state index contributed by atoms with van der Waals surface area (Å²) in [5.41, 5.74) is 0.556. The maximum atomic E-state index is 13.4. The minimum atomic E-state index is -0.594. The molecule has 0 atom stereocenters. The van der Waals surface area contributed by atoms with Gasteiger partial charge in [-0.15, -0.1) is 0 Å². The summed E-state index contributed by atoms with van der Waals surface area (Å²) in [6.07, 6.45) is -0.815. The summed E-state index contributed by atoms with van der Waals surface area (Å²) in [6, 6.07) is 5.92. The number of rotatable bonds is 3. The van der Waals surface area contributed by atoms with Gasteiger partial charge in [-0.2, -0.15) is 5.26 Å². The third-order valence-electron chi connectivity index (χ3n) is 1.95. The Balaban J connectivity index is 2.58. The first-order valence-corrected chi connectivity index (χ1v) is 5.16. The lowest BCUT2D eigenvalue weighted by atomic mass is 10.1. The molecule has 0 aliphatic heterocycles. The summed E-state index contributed by atoms with van der Waals surface area (Å²) < 4.78 is 18.2. The smallest absolute Gasteiger partial charge is 0.407 e. The number of nitrogens with one attached hydrogen (secondary N) is 1. The van der Waals surface area contributed by atoms with Gasteiger partial charge in [0.2, 0.25) is 0 Å². The number of nitrogens with zero attached hydrogens (tertiary/aromatic N) is 1. The van der Waals surface area contributed by atoms with Crippen LogP contribution >= 0.6 is 0 Å². The molecule has 90 valence electrons. The molecule has 0 bridgehead atoms. The Labute approximate surface area is 99.0 Å². The van der Waals surface area contributed by atoms with E-state index in [2.05, 4.69) is 5.32 Å². The van der Waals surface area contributed by atoms with Crippen LogP contribution in [0.3, 0.4) is 0 Å². The first kappa shape index (κ1) is 13.0. The second kappa shape index (κ2) is 5.85. The molecule has 0 saturated heterocycles. The zero-order valence-electron chi connectivity index (χ0n) is 9.66. The maximum Gasteiger partial charge on any atom is 0.407 e. The number of amides is 1. The Morgan fingerprint density at radius 3 is 2.82 bits per heavy atom. The van der Waals surface area contributed by atoms with E-state index in [9.17, 15) is 9.18 Å². The van der Waals surface area contributed by atoms with Crippen molar-refractivity contribution in [1.29, 1.82) is 5.26 Å². The van der Waals surface area contributed by atoms with E-state index < -0.39 is 11.9 Å². The van der Waals surface area contributed by atoms with E-state index in [-0.39, 0.29) is 18.2 Å². The largest absolute Gasteiger partial charge is 0.447 e. The molecule has 0 fully saturated rings. The highest BCUT2D eigenvalue weighted by atomic mass is 19.1. The molecule has 0 radical (unpaired) electrons. The van der Waals surface area contributed by atoms with Crippen LogP contribution in [-0.2, 0) is 11.3 Å². The van der Waals surface area contributed by atoms with E-state index in [1.165, 1.54) is 12.1 Å². The third kappa shape index (κ3) is 4.11. The van der Waals surface area contributed by atoms with Crippen molar-refractivity contribution in [2.75, 3.05) is 0 Å². The van der Waals surface area contributed by atoms with Gasteiger partial charge >= 0.3 is 6.09 Å². The van der Waals surface area contributed by atoms with Crippen LogP contribution in [0, 0.1) is 17.1 Å². The Morgan fingerprint density at radius 2 is 2.29 bits per heavy atom. The predicted octanol–water partition coefficient (Wildman–Crippen LogP) is 2.33. The van der Waals surface area contributed by atoms with Gasteiger partial charge < -0.3 is 10.1 Å². The van der Waals surface area contributed by atoms with E-state index in [4.69, 9.17) is 10.00 Å². The Kier molecular flexibility index (Phi) is 4.46. The summed E-state index contributed by atoms with van der Waals surface area (Å²) in [4.78, 5) is 11.2. The van der Waals surface area contributed by atoms with Crippen LogP contribution in [-0.4, -0.2) is 12.2 Å². The van der Waals surface area contributed by atoms with Crippen molar-refractivity contribution in [2.45, 2.75) is 26.5 Å². The number of nitriles is 1. The van der Waals surface area contributed by atoms with Gasteiger partial charge in [-0.05, 0) is 26.0 Å². The second-order valence-corrected chi connectivity index (χ2v) is 3.73. The number of hydrogen-bond acceptors (Lipinski definition) is 3. The molecule has 1 aromatic carbocycles. The molecule has 1 N–H and O–H groups in total. The van der Waals surface area contributed by atoms with Crippen molar-refractivity contribution in [2.24, 2.45) is 0 Å². The van der Waals surface area contributed by atoms with E-state index in [0.717, 1.165) is 6.07 Å². The Hall–Kier alpha value is -2.09. The highest BCUT2D eigenvalue weighted by molar-refractivity contribution is 5.67. The van der Waals surface area contributed by atoms with Crippen molar-refractivity contribution in [1.82, 2.24) is 5.32 Å². The highest BCUT2D eigenvalue weighted by Gasteiger charge is 2.07. The van der Waals surface area contributed by atoms with Gasteiger partial charge in [-0.25, -0.2) is 9.18 Å².